The lowest BCUT2D eigenvalue weighted by molar-refractivity contribution is -0.135. The summed E-state index contributed by atoms with van der Waals surface area (Å²) in [4.78, 5) is 42.2. The molecule has 0 bridgehead atoms. The number of aromatic nitrogens is 1. The Morgan fingerprint density at radius 1 is 1.19 bits per heavy atom. The van der Waals surface area contributed by atoms with Gasteiger partial charge in [-0.2, -0.15) is 0 Å². The maximum atomic E-state index is 12.8. The summed E-state index contributed by atoms with van der Waals surface area (Å²) in [6.07, 6.45) is 3.33. The van der Waals surface area contributed by atoms with E-state index in [2.05, 4.69) is 10.3 Å². The minimum Gasteiger partial charge on any atom is -0.461 e. The molecule has 174 valence electrons. The van der Waals surface area contributed by atoms with Crippen molar-refractivity contribution in [1.29, 1.82) is 0 Å². The van der Waals surface area contributed by atoms with Crippen molar-refractivity contribution in [3.63, 3.8) is 0 Å². The van der Waals surface area contributed by atoms with E-state index in [1.54, 1.807) is 11.8 Å². The summed E-state index contributed by atoms with van der Waals surface area (Å²) >= 11 is 0. The molecule has 1 saturated heterocycles. The SMILES string of the molecule is CCOCCCNC(=O)[C@@H]1CCCN(C(=O)CCc2c(C)[nH]c(C(=O)OCC)c2C)C1. The van der Waals surface area contributed by atoms with Gasteiger partial charge >= 0.3 is 5.97 Å². The Morgan fingerprint density at radius 2 is 1.97 bits per heavy atom. The molecule has 0 spiro atoms. The summed E-state index contributed by atoms with van der Waals surface area (Å²) in [6, 6.07) is 0. The highest BCUT2D eigenvalue weighted by Crippen LogP contribution is 2.22. The van der Waals surface area contributed by atoms with Crippen molar-refractivity contribution < 1.29 is 23.9 Å². The minimum atomic E-state index is -0.369. The van der Waals surface area contributed by atoms with Crippen LogP contribution in [-0.4, -0.2) is 67.1 Å². The van der Waals surface area contributed by atoms with Gasteiger partial charge in [-0.15, -0.1) is 0 Å². The number of carbonyl (C=O) groups excluding carboxylic acids is 3. The second-order valence-corrected chi connectivity index (χ2v) is 7.97. The Kier molecular flexibility index (Phi) is 10.0. The highest BCUT2D eigenvalue weighted by Gasteiger charge is 2.28. The van der Waals surface area contributed by atoms with E-state index >= 15 is 0 Å². The van der Waals surface area contributed by atoms with E-state index in [0.29, 0.717) is 58.0 Å². The van der Waals surface area contributed by atoms with Crippen molar-refractivity contribution in [2.75, 3.05) is 39.5 Å². The number of likely N-dealkylation sites (tertiary alicyclic amines) is 1. The molecule has 0 radical (unpaired) electrons. The highest BCUT2D eigenvalue weighted by atomic mass is 16.5. The third-order valence-electron chi connectivity index (χ3n) is 5.77. The maximum absolute atomic E-state index is 12.8. The Bertz CT molecular complexity index is 759. The van der Waals surface area contributed by atoms with Crippen molar-refractivity contribution in [2.45, 2.75) is 59.8 Å². The average Bonchev–Trinajstić information content (AvgIpc) is 3.05. The molecular weight excluding hydrogens is 398 g/mol. The number of aryl methyl sites for hydroxylation is 1. The number of esters is 1. The fraction of sp³-hybridized carbons (Fsp3) is 0.696. The zero-order valence-electron chi connectivity index (χ0n) is 19.3. The number of nitrogens with one attached hydrogen (secondary N) is 2. The summed E-state index contributed by atoms with van der Waals surface area (Å²) in [5.41, 5.74) is 3.17. The lowest BCUT2D eigenvalue weighted by Gasteiger charge is -2.32. The number of carbonyl (C=O) groups is 3. The van der Waals surface area contributed by atoms with Crippen molar-refractivity contribution in [3.8, 4) is 0 Å². The topological polar surface area (TPSA) is 101 Å². The number of rotatable bonds is 11. The van der Waals surface area contributed by atoms with E-state index in [4.69, 9.17) is 9.47 Å². The number of piperidine rings is 1. The summed E-state index contributed by atoms with van der Waals surface area (Å²) in [5.74, 6) is -0.459. The van der Waals surface area contributed by atoms with Gasteiger partial charge in [0.15, 0.2) is 0 Å². The molecule has 2 amide bonds. The molecule has 1 aromatic heterocycles. The number of aromatic amines is 1. The molecule has 2 rings (SSSR count). The molecule has 8 nitrogen and oxygen atoms in total. The second-order valence-electron chi connectivity index (χ2n) is 7.97. The van der Waals surface area contributed by atoms with Crippen LogP contribution in [-0.2, 0) is 25.5 Å². The first-order valence-electron chi connectivity index (χ1n) is 11.4. The molecule has 1 aliphatic rings. The van der Waals surface area contributed by atoms with Crippen molar-refractivity contribution >= 4 is 17.8 Å². The third-order valence-corrected chi connectivity index (χ3v) is 5.77. The predicted molar refractivity (Wildman–Crippen MR) is 118 cm³/mol. The van der Waals surface area contributed by atoms with Crippen molar-refractivity contribution in [1.82, 2.24) is 15.2 Å². The van der Waals surface area contributed by atoms with Gasteiger partial charge in [0.2, 0.25) is 11.8 Å². The van der Waals surface area contributed by atoms with Crippen LogP contribution in [0.2, 0.25) is 0 Å². The van der Waals surface area contributed by atoms with Crippen LogP contribution < -0.4 is 5.32 Å². The van der Waals surface area contributed by atoms with Crippen LogP contribution in [0.3, 0.4) is 0 Å². The molecule has 0 aliphatic carbocycles. The largest absolute Gasteiger partial charge is 0.461 e. The van der Waals surface area contributed by atoms with Crippen LogP contribution >= 0.6 is 0 Å². The first kappa shape index (κ1) is 24.9. The molecule has 1 fully saturated rings. The molecule has 0 saturated carbocycles. The Labute approximate surface area is 185 Å². The Morgan fingerprint density at radius 3 is 2.68 bits per heavy atom. The molecule has 1 aromatic rings. The first-order valence-corrected chi connectivity index (χ1v) is 11.4. The molecule has 31 heavy (non-hydrogen) atoms. The van der Waals surface area contributed by atoms with Crippen LogP contribution in [0.15, 0.2) is 0 Å². The first-order chi connectivity index (χ1) is 14.9. The second kappa shape index (κ2) is 12.5. The fourth-order valence-electron chi connectivity index (χ4n) is 4.05. The summed E-state index contributed by atoms with van der Waals surface area (Å²) in [6.45, 7) is 10.9. The number of amides is 2. The van der Waals surface area contributed by atoms with Crippen LogP contribution in [0, 0.1) is 19.8 Å². The van der Waals surface area contributed by atoms with Gasteiger partial charge in [0.1, 0.15) is 5.69 Å². The van der Waals surface area contributed by atoms with Gasteiger partial charge in [0.05, 0.1) is 12.5 Å². The molecular formula is C23H37N3O5. The maximum Gasteiger partial charge on any atom is 0.355 e. The summed E-state index contributed by atoms with van der Waals surface area (Å²) in [5, 5.41) is 2.96. The van der Waals surface area contributed by atoms with E-state index in [1.165, 1.54) is 0 Å². The standard InChI is InChI=1S/C23H37N3O5/c1-5-30-14-8-12-24-22(28)18-9-7-13-26(15-18)20(27)11-10-19-16(3)21(25-17(19)4)23(29)31-6-2/h18,25H,5-15H2,1-4H3,(H,24,28)/t18-/m1/s1. The lowest BCUT2D eigenvalue weighted by Crippen LogP contribution is -2.45. The van der Waals surface area contributed by atoms with Gasteiger partial charge in [-0.05, 0) is 64.5 Å². The van der Waals surface area contributed by atoms with Crippen molar-refractivity contribution in [3.05, 3.63) is 22.5 Å². The summed E-state index contributed by atoms with van der Waals surface area (Å²) in [7, 11) is 0. The lowest BCUT2D eigenvalue weighted by atomic mass is 9.96. The van der Waals surface area contributed by atoms with Crippen LogP contribution in [0.25, 0.3) is 0 Å². The molecule has 1 aliphatic heterocycles. The Balaban J connectivity index is 1.86. The van der Waals surface area contributed by atoms with Crippen LogP contribution in [0.1, 0.15) is 66.8 Å². The van der Waals surface area contributed by atoms with Gasteiger partial charge in [0.25, 0.3) is 0 Å². The van der Waals surface area contributed by atoms with Gasteiger partial charge in [-0.3, -0.25) is 9.59 Å². The molecule has 0 aromatic carbocycles. The van der Waals surface area contributed by atoms with Crippen LogP contribution in [0.5, 0.6) is 0 Å². The van der Waals surface area contributed by atoms with E-state index in [1.807, 2.05) is 20.8 Å². The fourth-order valence-corrected chi connectivity index (χ4v) is 4.05. The summed E-state index contributed by atoms with van der Waals surface area (Å²) < 4.78 is 10.4. The Hall–Kier alpha value is -2.35. The minimum absolute atomic E-state index is 0.0189. The van der Waals surface area contributed by atoms with Gasteiger partial charge in [-0.1, -0.05) is 0 Å². The van der Waals surface area contributed by atoms with Gasteiger partial charge < -0.3 is 24.7 Å². The van der Waals surface area contributed by atoms with Gasteiger partial charge in [0, 0.05) is 45.0 Å². The monoisotopic (exact) mass is 435 g/mol. The number of hydrogen-bond acceptors (Lipinski definition) is 5. The average molecular weight is 436 g/mol. The molecule has 0 unspecified atom stereocenters. The van der Waals surface area contributed by atoms with E-state index in [0.717, 1.165) is 36.1 Å². The van der Waals surface area contributed by atoms with E-state index < -0.39 is 0 Å². The predicted octanol–water partition coefficient (Wildman–Crippen LogP) is 2.52. The number of H-pyrrole nitrogens is 1. The van der Waals surface area contributed by atoms with E-state index in [9.17, 15) is 14.4 Å². The highest BCUT2D eigenvalue weighted by molar-refractivity contribution is 5.90. The molecule has 1 atom stereocenters. The number of hydrogen-bond donors (Lipinski definition) is 2. The number of ether oxygens (including phenoxy) is 2. The molecule has 8 heteroatoms. The normalized spacial score (nSPS) is 16.3. The number of nitrogens with zero attached hydrogens (tertiary/aromatic N) is 1. The third kappa shape index (κ3) is 7.09. The van der Waals surface area contributed by atoms with Gasteiger partial charge in [-0.25, -0.2) is 4.79 Å². The quantitative estimate of drug-likeness (QED) is 0.411. The van der Waals surface area contributed by atoms with Crippen LogP contribution in [0.4, 0.5) is 0 Å². The zero-order valence-corrected chi connectivity index (χ0v) is 19.3. The van der Waals surface area contributed by atoms with E-state index in [-0.39, 0.29) is 23.7 Å². The molecule has 2 N–H and O–H groups in total. The smallest absolute Gasteiger partial charge is 0.355 e. The zero-order chi connectivity index (χ0) is 22.8. The molecule has 2 heterocycles. The van der Waals surface area contributed by atoms with Crippen molar-refractivity contribution in [2.24, 2.45) is 5.92 Å².